The van der Waals surface area contributed by atoms with Crippen molar-refractivity contribution < 1.29 is 4.74 Å². The number of ether oxygens (including phenoxy) is 1. The zero-order valence-electron chi connectivity index (χ0n) is 10.5. The minimum atomic E-state index is -0.199. The molecule has 0 fully saturated rings. The second-order valence-electron chi connectivity index (χ2n) is 4.83. The van der Waals surface area contributed by atoms with E-state index in [0.717, 1.165) is 24.4 Å². The van der Waals surface area contributed by atoms with E-state index in [1.807, 2.05) is 12.1 Å². The summed E-state index contributed by atoms with van der Waals surface area (Å²) in [5, 5.41) is 3.29. The van der Waals surface area contributed by atoms with Gasteiger partial charge in [-0.2, -0.15) is 0 Å². The molecule has 0 amide bonds. The van der Waals surface area contributed by atoms with Crippen LogP contribution in [0.1, 0.15) is 25.0 Å². The van der Waals surface area contributed by atoms with Crippen molar-refractivity contribution in [2.75, 3.05) is 6.54 Å². The number of rotatable bonds is 4. The fraction of sp³-hybridized carbons (Fsp3) is 0.333. The summed E-state index contributed by atoms with van der Waals surface area (Å²) in [6, 6.07) is 6.31. The highest BCUT2D eigenvalue weighted by molar-refractivity contribution is 5.61. The molecule has 2 heteroatoms. The minimum Gasteiger partial charge on any atom is -0.483 e. The van der Waals surface area contributed by atoms with Crippen molar-refractivity contribution in [2.24, 2.45) is 0 Å². The molecule has 2 nitrogen and oxygen atoms in total. The summed E-state index contributed by atoms with van der Waals surface area (Å²) in [5.41, 5.74) is 2.22. The molecule has 90 valence electrons. The molecule has 0 aromatic heterocycles. The number of hydrogen-bond donors (Lipinski definition) is 1. The molecule has 0 atom stereocenters. The molecule has 0 saturated carbocycles. The minimum absolute atomic E-state index is 0.199. The summed E-state index contributed by atoms with van der Waals surface area (Å²) in [6.07, 6.45) is 6.09. The number of nitrogens with one attached hydrogen (secondary N) is 1. The van der Waals surface area contributed by atoms with Gasteiger partial charge in [-0.15, -0.1) is 6.58 Å². The molecule has 1 aromatic rings. The molecule has 0 unspecified atom stereocenters. The van der Waals surface area contributed by atoms with E-state index in [9.17, 15) is 0 Å². The van der Waals surface area contributed by atoms with E-state index >= 15 is 0 Å². The van der Waals surface area contributed by atoms with Crippen molar-refractivity contribution in [3.63, 3.8) is 0 Å². The summed E-state index contributed by atoms with van der Waals surface area (Å²) in [7, 11) is 0. The molecular weight excluding hydrogens is 210 g/mol. The molecule has 0 saturated heterocycles. The third-order valence-electron chi connectivity index (χ3n) is 2.73. The smallest absolute Gasteiger partial charge is 0.127 e. The zero-order chi connectivity index (χ0) is 12.3. The van der Waals surface area contributed by atoms with Gasteiger partial charge in [-0.25, -0.2) is 0 Å². The number of hydrogen-bond acceptors (Lipinski definition) is 2. The molecule has 2 rings (SSSR count). The fourth-order valence-corrected chi connectivity index (χ4v) is 1.86. The van der Waals surface area contributed by atoms with Crippen LogP contribution in [-0.2, 0) is 6.54 Å². The quantitative estimate of drug-likeness (QED) is 0.632. The molecule has 0 bridgehead atoms. The van der Waals surface area contributed by atoms with Gasteiger partial charge in [-0.05, 0) is 37.6 Å². The Labute approximate surface area is 103 Å². The van der Waals surface area contributed by atoms with Crippen molar-refractivity contribution in [1.82, 2.24) is 5.32 Å². The molecule has 1 aliphatic rings. The fourth-order valence-electron chi connectivity index (χ4n) is 1.86. The first-order chi connectivity index (χ1) is 8.11. The molecule has 1 N–H and O–H groups in total. The zero-order valence-corrected chi connectivity index (χ0v) is 10.5. The van der Waals surface area contributed by atoms with Crippen molar-refractivity contribution >= 4 is 6.08 Å². The first-order valence-corrected chi connectivity index (χ1v) is 5.93. The first-order valence-electron chi connectivity index (χ1n) is 5.93. The highest BCUT2D eigenvalue weighted by Gasteiger charge is 2.21. The summed E-state index contributed by atoms with van der Waals surface area (Å²) in [6.45, 7) is 9.49. The van der Waals surface area contributed by atoms with E-state index in [-0.39, 0.29) is 5.60 Å². The monoisotopic (exact) mass is 229 g/mol. The number of fused-ring (bicyclic) bond motifs is 1. The largest absolute Gasteiger partial charge is 0.483 e. The maximum atomic E-state index is 5.88. The molecule has 0 aliphatic carbocycles. The van der Waals surface area contributed by atoms with Crippen LogP contribution in [0.4, 0.5) is 0 Å². The Bertz CT molecular complexity index is 446. The molecule has 0 radical (unpaired) electrons. The van der Waals surface area contributed by atoms with Crippen LogP contribution in [0.3, 0.4) is 0 Å². The highest BCUT2D eigenvalue weighted by Crippen LogP contribution is 2.31. The Morgan fingerprint density at radius 3 is 3.00 bits per heavy atom. The standard InChI is InChI=1S/C15H19NO/c1-4-9-16-11-12-5-6-14-13(10-12)7-8-15(2,3)17-14/h4-8,10,16H,1,9,11H2,2-3H3. The van der Waals surface area contributed by atoms with E-state index in [1.165, 1.54) is 5.56 Å². The van der Waals surface area contributed by atoms with E-state index in [1.54, 1.807) is 0 Å². The lowest BCUT2D eigenvalue weighted by atomic mass is 10.0. The normalized spacial score (nSPS) is 16.1. The Morgan fingerprint density at radius 2 is 2.24 bits per heavy atom. The average Bonchev–Trinajstić information content (AvgIpc) is 2.29. The Balaban J connectivity index is 2.13. The summed E-state index contributed by atoms with van der Waals surface area (Å²) in [4.78, 5) is 0. The highest BCUT2D eigenvalue weighted by atomic mass is 16.5. The van der Waals surface area contributed by atoms with Gasteiger partial charge in [-0.3, -0.25) is 0 Å². The molecule has 1 heterocycles. The lowest BCUT2D eigenvalue weighted by Crippen LogP contribution is -2.27. The van der Waals surface area contributed by atoms with Gasteiger partial charge in [0.1, 0.15) is 11.4 Å². The van der Waals surface area contributed by atoms with Crippen molar-refractivity contribution in [3.8, 4) is 5.75 Å². The van der Waals surface area contributed by atoms with Crippen LogP contribution < -0.4 is 10.1 Å². The molecule has 0 spiro atoms. The van der Waals surface area contributed by atoms with Crippen LogP contribution >= 0.6 is 0 Å². The summed E-state index contributed by atoms with van der Waals surface area (Å²) < 4.78 is 5.88. The van der Waals surface area contributed by atoms with Gasteiger partial charge < -0.3 is 10.1 Å². The van der Waals surface area contributed by atoms with Crippen LogP contribution in [-0.4, -0.2) is 12.1 Å². The molecular formula is C15H19NO. The van der Waals surface area contributed by atoms with Crippen LogP contribution in [0, 0.1) is 0 Å². The molecule has 1 aromatic carbocycles. The number of benzene rings is 1. The third-order valence-corrected chi connectivity index (χ3v) is 2.73. The van der Waals surface area contributed by atoms with Gasteiger partial charge in [0.05, 0.1) is 0 Å². The van der Waals surface area contributed by atoms with Gasteiger partial charge in [0.2, 0.25) is 0 Å². The van der Waals surface area contributed by atoms with Crippen LogP contribution in [0.25, 0.3) is 6.08 Å². The predicted molar refractivity (Wildman–Crippen MR) is 72.1 cm³/mol. The average molecular weight is 229 g/mol. The Hall–Kier alpha value is -1.54. The maximum Gasteiger partial charge on any atom is 0.127 e. The Kier molecular flexibility index (Phi) is 3.34. The SMILES string of the molecule is C=CCNCc1ccc2c(c1)C=CC(C)(C)O2. The van der Waals surface area contributed by atoms with E-state index < -0.39 is 0 Å². The maximum absolute atomic E-state index is 5.88. The second kappa shape index (κ2) is 4.76. The van der Waals surface area contributed by atoms with Crippen molar-refractivity contribution in [2.45, 2.75) is 26.0 Å². The van der Waals surface area contributed by atoms with Crippen LogP contribution in [0.2, 0.25) is 0 Å². The predicted octanol–water partition coefficient (Wildman–Crippen LogP) is 3.15. The van der Waals surface area contributed by atoms with Crippen LogP contribution in [0.15, 0.2) is 36.9 Å². The second-order valence-corrected chi connectivity index (χ2v) is 4.83. The van der Waals surface area contributed by atoms with Gasteiger partial charge in [-0.1, -0.05) is 18.2 Å². The third kappa shape index (κ3) is 2.98. The lowest BCUT2D eigenvalue weighted by Gasteiger charge is -2.28. The topological polar surface area (TPSA) is 21.3 Å². The molecule has 17 heavy (non-hydrogen) atoms. The van der Waals surface area contributed by atoms with E-state index in [2.05, 4.69) is 50.0 Å². The Morgan fingerprint density at radius 1 is 1.41 bits per heavy atom. The van der Waals surface area contributed by atoms with Gasteiger partial charge in [0.15, 0.2) is 0 Å². The van der Waals surface area contributed by atoms with Crippen LogP contribution in [0.5, 0.6) is 5.75 Å². The van der Waals surface area contributed by atoms with Gasteiger partial charge in [0, 0.05) is 18.7 Å². The molecule has 1 aliphatic heterocycles. The van der Waals surface area contributed by atoms with Crippen molar-refractivity contribution in [1.29, 1.82) is 0 Å². The van der Waals surface area contributed by atoms with E-state index in [4.69, 9.17) is 4.74 Å². The first kappa shape index (κ1) is 11.9. The van der Waals surface area contributed by atoms with Gasteiger partial charge >= 0.3 is 0 Å². The lowest BCUT2D eigenvalue weighted by molar-refractivity contribution is 0.159. The summed E-state index contributed by atoms with van der Waals surface area (Å²) in [5.74, 6) is 0.963. The van der Waals surface area contributed by atoms with Crippen molar-refractivity contribution in [3.05, 3.63) is 48.1 Å². The van der Waals surface area contributed by atoms with E-state index in [0.29, 0.717) is 0 Å². The van der Waals surface area contributed by atoms with Gasteiger partial charge in [0.25, 0.3) is 0 Å². The summed E-state index contributed by atoms with van der Waals surface area (Å²) >= 11 is 0.